The molecule has 9 heteroatoms. The molecule has 0 unspecified atom stereocenters. The Kier molecular flexibility index (Phi) is 5.17. The Bertz CT molecular complexity index is 762. The second-order valence-electron chi connectivity index (χ2n) is 4.81. The lowest BCUT2D eigenvalue weighted by atomic mass is 10.1. The highest BCUT2D eigenvalue weighted by Gasteiger charge is 2.24. The van der Waals surface area contributed by atoms with Gasteiger partial charge in [-0.1, -0.05) is 11.6 Å². The van der Waals surface area contributed by atoms with Gasteiger partial charge in [-0.05, 0) is 13.0 Å². The quantitative estimate of drug-likeness (QED) is 0.464. The summed E-state index contributed by atoms with van der Waals surface area (Å²) in [4.78, 5) is 28.4. The highest BCUT2D eigenvalue weighted by atomic mass is 35.5. The average Bonchev–Trinajstić information content (AvgIpc) is 2.90. The summed E-state index contributed by atoms with van der Waals surface area (Å²) in [6.45, 7) is 2.28. The summed E-state index contributed by atoms with van der Waals surface area (Å²) in [6.07, 6.45) is 0. The number of nitrogens with zero attached hydrogens (tertiary/aromatic N) is 3. The third kappa shape index (κ3) is 3.77. The lowest BCUT2D eigenvalue weighted by Gasteiger charge is -2.18. The van der Waals surface area contributed by atoms with E-state index in [1.807, 2.05) is 12.3 Å². The summed E-state index contributed by atoms with van der Waals surface area (Å²) in [6, 6.07) is 2.53. The number of carbonyl (C=O) groups is 1. The molecule has 0 atom stereocenters. The molecule has 23 heavy (non-hydrogen) atoms. The Morgan fingerprint density at radius 1 is 1.52 bits per heavy atom. The summed E-state index contributed by atoms with van der Waals surface area (Å²) in [5, 5.41) is 14.2. The number of hydrogen-bond acceptors (Lipinski definition) is 7. The molecule has 1 heterocycles. The molecule has 0 saturated heterocycles. The molecule has 0 amide bonds. The number of ether oxygens (including phenoxy) is 1. The predicted octanol–water partition coefficient (Wildman–Crippen LogP) is 3.44. The van der Waals surface area contributed by atoms with Gasteiger partial charge in [0.05, 0.1) is 29.2 Å². The van der Waals surface area contributed by atoms with Crippen molar-refractivity contribution in [3.05, 3.63) is 48.9 Å². The number of rotatable bonds is 5. The molecule has 0 aliphatic rings. The first-order valence-electron chi connectivity index (χ1n) is 6.52. The normalized spacial score (nSPS) is 10.4. The van der Waals surface area contributed by atoms with E-state index < -0.39 is 10.9 Å². The number of halogens is 1. The molecule has 0 N–H and O–H groups in total. The van der Waals surface area contributed by atoms with E-state index in [4.69, 9.17) is 11.6 Å². The van der Waals surface area contributed by atoms with Crippen molar-refractivity contribution in [2.45, 2.75) is 13.5 Å². The Labute approximate surface area is 141 Å². The molecule has 0 fully saturated rings. The van der Waals surface area contributed by atoms with Crippen LogP contribution in [0.3, 0.4) is 0 Å². The van der Waals surface area contributed by atoms with Crippen LogP contribution >= 0.6 is 22.9 Å². The van der Waals surface area contributed by atoms with Gasteiger partial charge in [-0.2, -0.15) is 0 Å². The largest absolute Gasteiger partial charge is 0.465 e. The van der Waals surface area contributed by atoms with Gasteiger partial charge < -0.3 is 9.64 Å². The SMILES string of the molecule is COC(=O)c1cc([N+](=O)[O-])c(N(C)Cc2nc(C)cs2)cc1Cl. The minimum Gasteiger partial charge on any atom is -0.465 e. The van der Waals surface area contributed by atoms with Crippen LogP contribution in [0.4, 0.5) is 11.4 Å². The number of aryl methyl sites for hydroxylation is 1. The van der Waals surface area contributed by atoms with Crippen molar-refractivity contribution in [1.29, 1.82) is 0 Å². The van der Waals surface area contributed by atoms with E-state index in [9.17, 15) is 14.9 Å². The predicted molar refractivity (Wildman–Crippen MR) is 88.4 cm³/mol. The van der Waals surface area contributed by atoms with Crippen molar-refractivity contribution >= 4 is 40.3 Å². The molecule has 1 aromatic carbocycles. The van der Waals surface area contributed by atoms with Gasteiger partial charge in [0.1, 0.15) is 10.7 Å². The van der Waals surface area contributed by atoms with E-state index >= 15 is 0 Å². The zero-order valence-electron chi connectivity index (χ0n) is 12.7. The molecule has 0 saturated carbocycles. The van der Waals surface area contributed by atoms with Gasteiger partial charge in [0.15, 0.2) is 0 Å². The zero-order chi connectivity index (χ0) is 17.1. The first-order valence-corrected chi connectivity index (χ1v) is 7.77. The molecule has 0 radical (unpaired) electrons. The fourth-order valence-corrected chi connectivity index (χ4v) is 3.09. The lowest BCUT2D eigenvalue weighted by molar-refractivity contribution is -0.384. The van der Waals surface area contributed by atoms with Crippen LogP contribution in [0.25, 0.3) is 0 Å². The van der Waals surface area contributed by atoms with Crippen LogP contribution in [0.15, 0.2) is 17.5 Å². The van der Waals surface area contributed by atoms with Gasteiger partial charge >= 0.3 is 5.97 Å². The van der Waals surface area contributed by atoms with Crippen LogP contribution in [0.5, 0.6) is 0 Å². The van der Waals surface area contributed by atoms with Gasteiger partial charge in [-0.15, -0.1) is 11.3 Å². The van der Waals surface area contributed by atoms with Crippen molar-refractivity contribution in [1.82, 2.24) is 4.98 Å². The minimum absolute atomic E-state index is 0.0388. The number of aromatic nitrogens is 1. The molecule has 2 rings (SSSR count). The molecule has 0 aliphatic carbocycles. The number of anilines is 1. The maximum Gasteiger partial charge on any atom is 0.339 e. The second-order valence-corrected chi connectivity index (χ2v) is 6.16. The van der Waals surface area contributed by atoms with Crippen LogP contribution in [0.1, 0.15) is 21.1 Å². The topological polar surface area (TPSA) is 85.6 Å². The number of nitro groups is 1. The Morgan fingerprint density at radius 2 is 2.22 bits per heavy atom. The van der Waals surface area contributed by atoms with E-state index in [1.54, 1.807) is 11.9 Å². The van der Waals surface area contributed by atoms with E-state index in [-0.39, 0.29) is 16.3 Å². The van der Waals surface area contributed by atoms with Crippen LogP contribution in [-0.2, 0) is 11.3 Å². The van der Waals surface area contributed by atoms with Crippen LogP contribution in [0.2, 0.25) is 5.02 Å². The van der Waals surface area contributed by atoms with Crippen molar-refractivity contribution in [3.63, 3.8) is 0 Å². The second kappa shape index (κ2) is 6.93. The smallest absolute Gasteiger partial charge is 0.339 e. The first-order chi connectivity index (χ1) is 10.8. The van der Waals surface area contributed by atoms with Crippen LogP contribution in [0, 0.1) is 17.0 Å². The fraction of sp³-hybridized carbons (Fsp3) is 0.286. The van der Waals surface area contributed by atoms with Gasteiger partial charge in [-0.3, -0.25) is 10.1 Å². The van der Waals surface area contributed by atoms with Crippen LogP contribution in [-0.4, -0.2) is 30.0 Å². The van der Waals surface area contributed by atoms with E-state index in [1.165, 1.54) is 24.5 Å². The van der Waals surface area contributed by atoms with Crippen molar-refractivity contribution in [2.75, 3.05) is 19.1 Å². The van der Waals surface area contributed by atoms with Crippen molar-refractivity contribution < 1.29 is 14.5 Å². The maximum atomic E-state index is 11.6. The number of nitro benzene ring substituents is 1. The number of carbonyl (C=O) groups excluding carboxylic acids is 1. The van der Waals surface area contributed by atoms with Gasteiger partial charge in [0, 0.05) is 24.2 Å². The number of esters is 1. The molecule has 0 spiro atoms. The van der Waals surface area contributed by atoms with Gasteiger partial charge in [0.2, 0.25) is 0 Å². The number of thiazole rings is 1. The molecule has 2 aromatic rings. The Balaban J connectivity index is 2.42. The van der Waals surface area contributed by atoms with Crippen molar-refractivity contribution in [3.8, 4) is 0 Å². The summed E-state index contributed by atoms with van der Waals surface area (Å²) < 4.78 is 4.58. The monoisotopic (exact) mass is 355 g/mol. The van der Waals surface area contributed by atoms with E-state index in [0.717, 1.165) is 16.8 Å². The Morgan fingerprint density at radius 3 is 2.74 bits per heavy atom. The molecular weight excluding hydrogens is 342 g/mol. The molecule has 122 valence electrons. The number of benzene rings is 1. The summed E-state index contributed by atoms with van der Waals surface area (Å²) in [5.41, 5.74) is 0.946. The van der Waals surface area contributed by atoms with Gasteiger partial charge in [0.25, 0.3) is 5.69 Å². The number of methoxy groups -OCH3 is 1. The van der Waals surface area contributed by atoms with Gasteiger partial charge in [-0.25, -0.2) is 9.78 Å². The number of hydrogen-bond donors (Lipinski definition) is 0. The summed E-state index contributed by atoms with van der Waals surface area (Å²) in [5.74, 6) is -0.720. The maximum absolute atomic E-state index is 11.6. The Hall–Kier alpha value is -2.19. The first kappa shape index (κ1) is 17.2. The minimum atomic E-state index is -0.720. The molecule has 1 aromatic heterocycles. The molecule has 0 aliphatic heterocycles. The summed E-state index contributed by atoms with van der Waals surface area (Å²) >= 11 is 7.54. The third-order valence-electron chi connectivity index (χ3n) is 3.12. The van der Waals surface area contributed by atoms with E-state index in [0.29, 0.717) is 12.2 Å². The molecule has 7 nitrogen and oxygen atoms in total. The van der Waals surface area contributed by atoms with Crippen LogP contribution < -0.4 is 4.90 Å². The van der Waals surface area contributed by atoms with Crippen molar-refractivity contribution in [2.24, 2.45) is 0 Å². The fourth-order valence-electron chi connectivity index (χ4n) is 2.03. The third-order valence-corrected chi connectivity index (χ3v) is 4.38. The average molecular weight is 356 g/mol. The highest BCUT2D eigenvalue weighted by molar-refractivity contribution is 7.09. The molecular formula is C14H14ClN3O4S. The van der Waals surface area contributed by atoms with E-state index in [2.05, 4.69) is 9.72 Å². The summed E-state index contributed by atoms with van der Waals surface area (Å²) in [7, 11) is 2.89. The zero-order valence-corrected chi connectivity index (χ0v) is 14.3. The molecule has 0 bridgehead atoms. The standard InChI is InChI=1S/C14H14ClN3O4S/c1-8-7-23-13(16-8)6-17(2)11-5-10(15)9(14(19)22-3)4-12(11)18(20)21/h4-5,7H,6H2,1-3H3. The lowest BCUT2D eigenvalue weighted by Crippen LogP contribution is -2.18. The highest BCUT2D eigenvalue weighted by Crippen LogP contribution is 2.34.